The smallest absolute Gasteiger partial charge is 0.316 e. The Morgan fingerprint density at radius 1 is 0.470 bits per heavy atom. The van der Waals surface area contributed by atoms with Gasteiger partial charge in [0.05, 0.1) is 99.8 Å². The van der Waals surface area contributed by atoms with Gasteiger partial charge in [-0.2, -0.15) is 0 Å². The standard InChI is InChI=1S/C36H42I6N6O18/c1-45(27-23(39)17(31(61)43-29(59)15(57)11-53)21(37)19(25(27)41)33(63)47(3-5-49)7-13(55)9-51)35(65)36(66)46(2)28-24(40)18(32(62)44-30(60)16(58)12-54)22(38)20(26(28)42)34(64)48(4-6-50)8-14(56)10-52/h13-16,49-58H,3-12H2,1-2H3,(H,43,59,61)(H,44,60,62). The van der Waals surface area contributed by atoms with E-state index in [4.69, 9.17) is 0 Å². The third-order valence-corrected chi connectivity index (χ3v) is 15.3. The first-order chi connectivity index (χ1) is 30.8. The second-order valence-electron chi connectivity index (χ2n) is 13.5. The van der Waals surface area contributed by atoms with Gasteiger partial charge in [-0.3, -0.25) is 49.0 Å². The summed E-state index contributed by atoms with van der Waals surface area (Å²) in [6.07, 6.45) is -7.11. The molecule has 8 amide bonds. The largest absolute Gasteiger partial charge is 0.395 e. The van der Waals surface area contributed by atoms with Gasteiger partial charge in [-0.1, -0.05) is 0 Å². The van der Waals surface area contributed by atoms with E-state index in [1.54, 1.807) is 136 Å². The fraction of sp³-hybridized carbons (Fsp3) is 0.444. The highest BCUT2D eigenvalue weighted by atomic mass is 127. The summed E-state index contributed by atoms with van der Waals surface area (Å²) in [7, 11) is 2.15. The van der Waals surface area contributed by atoms with Crippen LogP contribution in [0.5, 0.6) is 0 Å². The highest BCUT2D eigenvalue weighted by Crippen LogP contribution is 2.41. The van der Waals surface area contributed by atoms with Gasteiger partial charge < -0.3 is 70.7 Å². The molecule has 4 unspecified atom stereocenters. The molecule has 0 radical (unpaired) electrons. The van der Waals surface area contributed by atoms with Crippen LogP contribution in [0.2, 0.25) is 0 Å². The Bertz CT molecular complexity index is 2070. The minimum atomic E-state index is -2.06. The van der Waals surface area contributed by atoms with Crippen LogP contribution in [-0.2, 0) is 19.2 Å². The Labute approximate surface area is 456 Å². The maximum atomic E-state index is 14.5. The zero-order chi connectivity index (χ0) is 50.7. The molecular formula is C36H42I6N6O18. The monoisotopic (exact) mass is 1610 g/mol. The number of aliphatic hydroxyl groups excluding tert-OH is 10. The van der Waals surface area contributed by atoms with E-state index in [-0.39, 0.29) is 43.9 Å². The Morgan fingerprint density at radius 2 is 0.758 bits per heavy atom. The summed E-state index contributed by atoms with van der Waals surface area (Å²) in [5, 5.41) is 101. The molecule has 0 spiro atoms. The van der Waals surface area contributed by atoms with Gasteiger partial charge in [-0.15, -0.1) is 0 Å². The van der Waals surface area contributed by atoms with E-state index in [2.05, 4.69) is 0 Å². The van der Waals surface area contributed by atoms with Crippen LogP contribution >= 0.6 is 136 Å². The van der Waals surface area contributed by atoms with Crippen LogP contribution in [0.25, 0.3) is 0 Å². The van der Waals surface area contributed by atoms with Crippen molar-refractivity contribution < 1.29 is 89.4 Å². The van der Waals surface area contributed by atoms with Crippen LogP contribution in [0.15, 0.2) is 0 Å². The molecule has 366 valence electrons. The van der Waals surface area contributed by atoms with Gasteiger partial charge in [0.15, 0.2) is 12.2 Å². The predicted octanol–water partition coefficient (Wildman–Crippen LogP) is -3.27. The molecule has 66 heavy (non-hydrogen) atoms. The number of carbonyl (C=O) groups excluding carboxylic acids is 8. The topological polar surface area (TPSA) is 376 Å². The Balaban J connectivity index is 3.03. The first kappa shape index (κ1) is 60.7. The fourth-order valence-corrected chi connectivity index (χ4v) is 15.3. The lowest BCUT2D eigenvalue weighted by Gasteiger charge is -2.30. The summed E-state index contributed by atoms with van der Waals surface area (Å²) in [5.41, 5.74) is -2.15. The van der Waals surface area contributed by atoms with Crippen molar-refractivity contribution in [2.45, 2.75) is 24.4 Å². The van der Waals surface area contributed by atoms with Crippen molar-refractivity contribution in [3.8, 4) is 0 Å². The van der Waals surface area contributed by atoms with E-state index in [0.717, 1.165) is 33.7 Å². The van der Waals surface area contributed by atoms with Crippen LogP contribution < -0.4 is 20.4 Å². The average Bonchev–Trinajstić information content (AvgIpc) is 3.26. The predicted molar refractivity (Wildman–Crippen MR) is 279 cm³/mol. The van der Waals surface area contributed by atoms with Gasteiger partial charge in [-0.25, -0.2) is 0 Å². The summed E-state index contributed by atoms with van der Waals surface area (Å²) in [6, 6.07) is 0. The van der Waals surface area contributed by atoms with Crippen LogP contribution in [0.1, 0.15) is 41.4 Å². The van der Waals surface area contributed by atoms with E-state index >= 15 is 0 Å². The number of nitrogens with zero attached hydrogens (tertiary/aromatic N) is 4. The van der Waals surface area contributed by atoms with Crippen LogP contribution in [0.3, 0.4) is 0 Å². The van der Waals surface area contributed by atoms with Crippen molar-refractivity contribution in [1.82, 2.24) is 20.4 Å². The number of hydrogen-bond donors (Lipinski definition) is 12. The van der Waals surface area contributed by atoms with Crippen molar-refractivity contribution >= 4 is 194 Å². The SMILES string of the molecule is CN(C(=O)C(=O)N(C)c1c(I)c(C(=O)NC(=O)C(O)CO)c(I)c(C(=O)N(CCO)CC(O)CO)c1I)c1c(I)c(C(=O)NC(=O)C(O)CO)c(I)c(C(=O)N(CCO)CC(O)CO)c1I. The van der Waals surface area contributed by atoms with E-state index in [0.29, 0.717) is 0 Å². The fourth-order valence-electron chi connectivity index (χ4n) is 5.57. The Kier molecular flexibility index (Phi) is 25.6. The number of imide groups is 2. The minimum Gasteiger partial charge on any atom is -0.395 e. The molecule has 0 aliphatic heterocycles. The molecule has 0 fully saturated rings. The maximum absolute atomic E-state index is 14.5. The van der Waals surface area contributed by atoms with Gasteiger partial charge in [0, 0.05) is 47.4 Å². The molecule has 0 aromatic heterocycles. The number of hydrogen-bond acceptors (Lipinski definition) is 18. The lowest BCUT2D eigenvalue weighted by molar-refractivity contribution is -0.135. The summed E-state index contributed by atoms with van der Waals surface area (Å²) in [6.45, 7) is -6.88. The van der Waals surface area contributed by atoms with E-state index in [1.165, 1.54) is 0 Å². The number of aliphatic hydroxyl groups is 10. The normalized spacial score (nSPS) is 12.9. The molecule has 2 rings (SSSR count). The van der Waals surface area contributed by atoms with Gasteiger partial charge in [0.1, 0.15) is 0 Å². The van der Waals surface area contributed by atoms with Crippen LogP contribution in [-0.4, -0.2) is 212 Å². The number of anilines is 2. The number of amides is 8. The number of halogens is 6. The first-order valence-electron chi connectivity index (χ1n) is 18.5. The van der Waals surface area contributed by atoms with Crippen LogP contribution in [0, 0.1) is 21.4 Å². The van der Waals surface area contributed by atoms with Crippen molar-refractivity contribution in [2.24, 2.45) is 0 Å². The Hall–Kier alpha value is -1.42. The average molecular weight is 1610 g/mol. The molecule has 0 heterocycles. The maximum Gasteiger partial charge on any atom is 0.316 e. The van der Waals surface area contributed by atoms with E-state index in [1.807, 2.05) is 10.6 Å². The number of nitrogens with one attached hydrogen (secondary N) is 2. The second-order valence-corrected chi connectivity index (χ2v) is 19.9. The number of carbonyl (C=O) groups is 8. The lowest BCUT2D eigenvalue weighted by Crippen LogP contribution is -2.46. The van der Waals surface area contributed by atoms with Gasteiger partial charge in [0.2, 0.25) is 0 Å². The van der Waals surface area contributed by atoms with Crippen molar-refractivity contribution in [3.05, 3.63) is 43.7 Å². The minimum absolute atomic E-state index is 0.0913. The summed E-state index contributed by atoms with van der Waals surface area (Å²) >= 11 is 9.71. The van der Waals surface area contributed by atoms with E-state index in [9.17, 15) is 89.4 Å². The molecule has 24 nitrogen and oxygen atoms in total. The third-order valence-electron chi connectivity index (χ3n) is 8.96. The molecule has 2 aromatic rings. The van der Waals surface area contributed by atoms with Gasteiger partial charge in [-0.05, 0) is 136 Å². The Morgan fingerprint density at radius 3 is 1.02 bits per heavy atom. The molecule has 0 saturated carbocycles. The molecule has 0 aliphatic carbocycles. The second kappa shape index (κ2) is 27.8. The molecule has 2 aromatic carbocycles. The molecule has 0 saturated heterocycles. The highest BCUT2D eigenvalue weighted by molar-refractivity contribution is 14.1. The highest BCUT2D eigenvalue weighted by Gasteiger charge is 2.39. The molecule has 4 atom stereocenters. The lowest BCUT2D eigenvalue weighted by atomic mass is 10.0. The zero-order valence-corrected chi connectivity index (χ0v) is 47.1. The molecule has 12 N–H and O–H groups in total. The zero-order valence-electron chi connectivity index (χ0n) is 34.2. The van der Waals surface area contributed by atoms with Crippen molar-refractivity contribution in [1.29, 1.82) is 0 Å². The quantitative estimate of drug-likeness (QED) is 0.0457. The summed E-state index contributed by atoms with van der Waals surface area (Å²) < 4.78 is -0.778. The number of benzene rings is 2. The summed E-state index contributed by atoms with van der Waals surface area (Å²) in [4.78, 5) is 113. The molecule has 0 aliphatic rings. The molecular weight excluding hydrogens is 1570 g/mol. The molecule has 0 bridgehead atoms. The van der Waals surface area contributed by atoms with Crippen LogP contribution in [0.4, 0.5) is 11.4 Å². The summed E-state index contributed by atoms with van der Waals surface area (Å²) in [5.74, 6) is -9.87. The van der Waals surface area contributed by atoms with Crippen molar-refractivity contribution in [3.63, 3.8) is 0 Å². The van der Waals surface area contributed by atoms with Crippen molar-refractivity contribution in [2.75, 3.05) is 89.7 Å². The number of rotatable bonds is 20. The first-order valence-corrected chi connectivity index (χ1v) is 24.9. The number of likely N-dealkylation sites (N-methyl/N-ethyl adjacent to an activating group) is 2. The van der Waals surface area contributed by atoms with E-state index < -0.39 is 149 Å². The van der Waals surface area contributed by atoms with Gasteiger partial charge >= 0.3 is 11.8 Å². The molecule has 30 heteroatoms. The van der Waals surface area contributed by atoms with Gasteiger partial charge in [0.25, 0.3) is 35.4 Å². The third kappa shape index (κ3) is 14.4.